The number of nitrogens with one attached hydrogen (secondary N) is 4. The number of esters is 1. The molecule has 234 valence electrons. The third kappa shape index (κ3) is 13.5. The highest BCUT2D eigenvalue weighted by Gasteiger charge is 2.24. The zero-order chi connectivity index (χ0) is 31.8. The van der Waals surface area contributed by atoms with Gasteiger partial charge in [-0.05, 0) is 43.9 Å². The van der Waals surface area contributed by atoms with E-state index in [2.05, 4.69) is 21.3 Å². The van der Waals surface area contributed by atoms with Crippen molar-refractivity contribution in [3.05, 3.63) is 108 Å². The predicted octanol–water partition coefficient (Wildman–Crippen LogP) is 3.30. The maximum atomic E-state index is 12.9. The van der Waals surface area contributed by atoms with Crippen molar-refractivity contribution in [3.63, 3.8) is 0 Å². The number of amides is 3. The number of carbonyl (C=O) groups excluding carboxylic acids is 4. The van der Waals surface area contributed by atoms with Crippen molar-refractivity contribution in [3.8, 4) is 0 Å². The summed E-state index contributed by atoms with van der Waals surface area (Å²) in [6.45, 7) is 5.33. The Balaban J connectivity index is 1.48. The molecule has 0 unspecified atom stereocenters. The zero-order valence-electron chi connectivity index (χ0n) is 25.5. The van der Waals surface area contributed by atoms with Crippen molar-refractivity contribution in [1.29, 1.82) is 0 Å². The number of hydrogen-bond donors (Lipinski definition) is 4. The fraction of sp³-hybridized carbons (Fsp3) is 0.353. The number of alkyl carbamates (subject to hydrolysis) is 1. The van der Waals surface area contributed by atoms with Gasteiger partial charge in [-0.25, -0.2) is 9.59 Å². The van der Waals surface area contributed by atoms with E-state index in [0.29, 0.717) is 13.0 Å². The van der Waals surface area contributed by atoms with Crippen LogP contribution in [-0.2, 0) is 43.3 Å². The number of ether oxygens (including phenoxy) is 2. The van der Waals surface area contributed by atoms with Crippen LogP contribution in [0, 0.1) is 0 Å². The maximum absolute atomic E-state index is 12.9. The second kappa shape index (κ2) is 17.4. The molecule has 0 aliphatic rings. The number of carbonyl (C=O) groups is 4. The van der Waals surface area contributed by atoms with Gasteiger partial charge in [0.25, 0.3) is 0 Å². The van der Waals surface area contributed by atoms with Crippen LogP contribution in [0.5, 0.6) is 0 Å². The van der Waals surface area contributed by atoms with Crippen LogP contribution in [-0.4, -0.2) is 61.2 Å². The molecule has 3 amide bonds. The van der Waals surface area contributed by atoms with Crippen LogP contribution >= 0.6 is 0 Å². The molecule has 0 bridgehead atoms. The van der Waals surface area contributed by atoms with Crippen LogP contribution in [0.15, 0.2) is 91.0 Å². The van der Waals surface area contributed by atoms with Crippen molar-refractivity contribution >= 4 is 23.9 Å². The van der Waals surface area contributed by atoms with E-state index in [0.717, 1.165) is 16.7 Å². The minimum Gasteiger partial charge on any atom is -0.459 e. The largest absolute Gasteiger partial charge is 0.459 e. The molecule has 3 aromatic rings. The highest BCUT2D eigenvalue weighted by atomic mass is 16.6. The van der Waals surface area contributed by atoms with Crippen molar-refractivity contribution in [2.45, 2.75) is 57.9 Å². The van der Waals surface area contributed by atoms with Crippen molar-refractivity contribution in [1.82, 2.24) is 21.3 Å². The summed E-state index contributed by atoms with van der Waals surface area (Å²) in [5.74, 6) is -1.51. The SMILES string of the molecule is CC(C)(C)OC(=O)N[C@H](CNCC(=O)NCC(=O)N[C@@H](Cc1ccccc1)C(=O)OCc1ccccc1)Cc1ccccc1. The van der Waals surface area contributed by atoms with Gasteiger partial charge in [0.1, 0.15) is 18.2 Å². The molecular formula is C34H42N4O6. The topological polar surface area (TPSA) is 135 Å². The normalized spacial score (nSPS) is 12.3. The first-order valence-corrected chi connectivity index (χ1v) is 14.6. The summed E-state index contributed by atoms with van der Waals surface area (Å²) in [4.78, 5) is 50.5. The smallest absolute Gasteiger partial charge is 0.407 e. The lowest BCUT2D eigenvalue weighted by Crippen LogP contribution is -2.49. The van der Waals surface area contributed by atoms with Gasteiger partial charge in [0.15, 0.2) is 0 Å². The molecule has 0 fully saturated rings. The monoisotopic (exact) mass is 602 g/mol. The second-order valence-electron chi connectivity index (χ2n) is 11.3. The molecule has 10 nitrogen and oxygen atoms in total. The molecule has 0 heterocycles. The van der Waals surface area contributed by atoms with Gasteiger partial charge in [0, 0.05) is 19.0 Å². The Bertz CT molecular complexity index is 1330. The van der Waals surface area contributed by atoms with Gasteiger partial charge in [-0.1, -0.05) is 91.0 Å². The summed E-state index contributed by atoms with van der Waals surface area (Å²) in [6, 6.07) is 26.9. The quantitative estimate of drug-likeness (QED) is 0.196. The highest BCUT2D eigenvalue weighted by Crippen LogP contribution is 2.09. The Kier molecular flexibility index (Phi) is 13.4. The summed E-state index contributed by atoms with van der Waals surface area (Å²) in [7, 11) is 0. The Morgan fingerprint density at radius 2 is 1.23 bits per heavy atom. The molecule has 0 spiro atoms. The average Bonchev–Trinajstić information content (AvgIpc) is 2.99. The molecular weight excluding hydrogens is 560 g/mol. The van der Waals surface area contributed by atoms with E-state index in [1.165, 1.54) is 0 Å². The van der Waals surface area contributed by atoms with Crippen molar-refractivity contribution in [2.24, 2.45) is 0 Å². The van der Waals surface area contributed by atoms with E-state index in [-0.39, 0.29) is 32.2 Å². The van der Waals surface area contributed by atoms with Crippen LogP contribution in [0.3, 0.4) is 0 Å². The average molecular weight is 603 g/mol. The van der Waals surface area contributed by atoms with Gasteiger partial charge in [-0.3, -0.25) is 9.59 Å². The van der Waals surface area contributed by atoms with E-state index < -0.39 is 35.5 Å². The summed E-state index contributed by atoms with van der Waals surface area (Å²) in [5, 5.41) is 11.1. The van der Waals surface area contributed by atoms with Crippen LogP contribution in [0.2, 0.25) is 0 Å². The van der Waals surface area contributed by atoms with Crippen molar-refractivity contribution < 1.29 is 28.7 Å². The van der Waals surface area contributed by atoms with E-state index >= 15 is 0 Å². The molecule has 3 rings (SSSR count). The van der Waals surface area contributed by atoms with Crippen LogP contribution in [0.25, 0.3) is 0 Å². The summed E-state index contributed by atoms with van der Waals surface area (Å²) >= 11 is 0. The fourth-order valence-corrected chi connectivity index (χ4v) is 4.27. The predicted molar refractivity (Wildman–Crippen MR) is 167 cm³/mol. The lowest BCUT2D eigenvalue weighted by Gasteiger charge is -2.24. The molecule has 10 heteroatoms. The first-order valence-electron chi connectivity index (χ1n) is 14.6. The van der Waals surface area contributed by atoms with Crippen LogP contribution < -0.4 is 21.3 Å². The molecule has 3 aromatic carbocycles. The number of rotatable bonds is 15. The molecule has 0 aliphatic carbocycles. The van der Waals surface area contributed by atoms with E-state index in [4.69, 9.17) is 9.47 Å². The second-order valence-corrected chi connectivity index (χ2v) is 11.3. The highest BCUT2D eigenvalue weighted by molar-refractivity contribution is 5.89. The van der Waals surface area contributed by atoms with Crippen LogP contribution in [0.1, 0.15) is 37.5 Å². The van der Waals surface area contributed by atoms with Gasteiger partial charge >= 0.3 is 12.1 Å². The Morgan fingerprint density at radius 1 is 0.682 bits per heavy atom. The Morgan fingerprint density at radius 3 is 1.80 bits per heavy atom. The molecule has 0 radical (unpaired) electrons. The van der Waals surface area contributed by atoms with Gasteiger partial charge in [0.2, 0.25) is 11.8 Å². The summed E-state index contributed by atoms with van der Waals surface area (Å²) in [5.41, 5.74) is 2.06. The number of hydrogen-bond acceptors (Lipinski definition) is 7. The summed E-state index contributed by atoms with van der Waals surface area (Å²) < 4.78 is 10.9. The molecule has 0 aromatic heterocycles. The molecule has 0 aliphatic heterocycles. The Hall–Kier alpha value is -4.70. The minimum absolute atomic E-state index is 0.0806. The summed E-state index contributed by atoms with van der Waals surface area (Å²) in [6.07, 6.45) is 0.220. The lowest BCUT2D eigenvalue weighted by atomic mass is 10.1. The van der Waals surface area contributed by atoms with Crippen molar-refractivity contribution in [2.75, 3.05) is 19.6 Å². The molecule has 0 saturated heterocycles. The Labute approximate surface area is 258 Å². The first kappa shape index (κ1) is 33.8. The minimum atomic E-state index is -0.929. The van der Waals surface area contributed by atoms with Gasteiger partial charge in [-0.2, -0.15) is 0 Å². The fourth-order valence-electron chi connectivity index (χ4n) is 4.27. The lowest BCUT2D eigenvalue weighted by molar-refractivity contribution is -0.149. The zero-order valence-corrected chi connectivity index (χ0v) is 25.5. The van der Waals surface area contributed by atoms with E-state index in [1.807, 2.05) is 91.0 Å². The van der Waals surface area contributed by atoms with Crippen LogP contribution in [0.4, 0.5) is 4.79 Å². The van der Waals surface area contributed by atoms with E-state index in [1.54, 1.807) is 20.8 Å². The standard InChI is InChI=1S/C34H42N4O6/c1-34(2,3)44-33(42)37-28(19-25-13-7-4-8-14-25)21-35-22-30(39)36-23-31(40)38-29(20-26-15-9-5-10-16-26)32(41)43-24-27-17-11-6-12-18-27/h4-18,28-29,35H,19-24H2,1-3H3,(H,36,39)(H,37,42)(H,38,40)/t28-,29-/m0/s1. The molecule has 4 N–H and O–H groups in total. The molecule has 44 heavy (non-hydrogen) atoms. The number of benzene rings is 3. The maximum Gasteiger partial charge on any atom is 0.407 e. The third-order valence-electron chi connectivity index (χ3n) is 6.29. The van der Waals surface area contributed by atoms with Gasteiger partial charge in [0.05, 0.1) is 13.1 Å². The molecule has 0 saturated carbocycles. The van der Waals surface area contributed by atoms with Gasteiger partial charge in [-0.15, -0.1) is 0 Å². The van der Waals surface area contributed by atoms with Gasteiger partial charge < -0.3 is 30.7 Å². The first-order chi connectivity index (χ1) is 21.1. The third-order valence-corrected chi connectivity index (χ3v) is 6.29. The molecule has 2 atom stereocenters. The van der Waals surface area contributed by atoms with E-state index in [9.17, 15) is 19.2 Å².